The number of aromatic nitrogens is 1. The summed E-state index contributed by atoms with van der Waals surface area (Å²) in [6, 6.07) is 13.0. The Hall–Kier alpha value is -1.88. The third-order valence-electron chi connectivity index (χ3n) is 2.73. The number of carbonyl (C=O) groups excluding carboxylic acids is 1. The van der Waals surface area contributed by atoms with Crippen LogP contribution in [0.4, 0.5) is 4.79 Å². The highest BCUT2D eigenvalue weighted by Gasteiger charge is 2.11. The van der Waals surface area contributed by atoms with Crippen LogP contribution in [-0.2, 0) is 11.3 Å². The number of alkyl carbamates (subject to hydrolysis) is 1. The molecule has 104 valence electrons. The van der Waals surface area contributed by atoms with Crippen LogP contribution in [0.15, 0.2) is 53.1 Å². The molecule has 1 aromatic heterocycles. The Morgan fingerprint density at radius 2 is 2.10 bits per heavy atom. The molecule has 2 aromatic rings. The van der Waals surface area contributed by atoms with E-state index < -0.39 is 6.09 Å². The van der Waals surface area contributed by atoms with E-state index in [1.54, 1.807) is 6.20 Å². The number of rotatable bonds is 4. The first-order valence-corrected chi connectivity index (χ1v) is 7.03. The largest absolute Gasteiger partial charge is 0.445 e. The lowest BCUT2D eigenvalue weighted by molar-refractivity contribution is 0.136. The van der Waals surface area contributed by atoms with Crippen molar-refractivity contribution in [3.63, 3.8) is 0 Å². The monoisotopic (exact) mass is 334 g/mol. The van der Waals surface area contributed by atoms with Gasteiger partial charge in [0.25, 0.3) is 0 Å². The van der Waals surface area contributed by atoms with Gasteiger partial charge in [-0.3, -0.25) is 4.98 Å². The molecule has 1 N–H and O–H groups in total. The first-order valence-electron chi connectivity index (χ1n) is 6.24. The standard InChI is InChI=1S/C15H15BrN2O2/c1-11(14-9-13(16)7-8-17-14)18-15(19)20-10-12-5-3-2-4-6-12/h2-9,11H,10H2,1H3,(H,18,19). The van der Waals surface area contributed by atoms with E-state index in [1.807, 2.05) is 49.4 Å². The zero-order valence-corrected chi connectivity index (χ0v) is 12.6. The van der Waals surface area contributed by atoms with E-state index in [0.29, 0.717) is 0 Å². The summed E-state index contributed by atoms with van der Waals surface area (Å²) >= 11 is 3.37. The number of nitrogens with one attached hydrogen (secondary N) is 1. The van der Waals surface area contributed by atoms with Gasteiger partial charge >= 0.3 is 6.09 Å². The van der Waals surface area contributed by atoms with Gasteiger partial charge in [0.05, 0.1) is 11.7 Å². The number of nitrogens with zero attached hydrogens (tertiary/aromatic N) is 1. The molecule has 4 nitrogen and oxygen atoms in total. The van der Waals surface area contributed by atoms with Crippen molar-refractivity contribution in [2.24, 2.45) is 0 Å². The van der Waals surface area contributed by atoms with E-state index in [0.717, 1.165) is 15.7 Å². The molecule has 0 saturated heterocycles. The molecule has 0 bridgehead atoms. The molecule has 0 aliphatic heterocycles. The Balaban J connectivity index is 1.85. The second-order valence-corrected chi connectivity index (χ2v) is 5.24. The van der Waals surface area contributed by atoms with Gasteiger partial charge in [0.2, 0.25) is 0 Å². The van der Waals surface area contributed by atoms with Gasteiger partial charge < -0.3 is 10.1 Å². The van der Waals surface area contributed by atoms with Gasteiger partial charge in [-0.05, 0) is 24.6 Å². The topological polar surface area (TPSA) is 51.2 Å². The van der Waals surface area contributed by atoms with Crippen molar-refractivity contribution in [3.05, 3.63) is 64.4 Å². The molecule has 2 rings (SSSR count). The van der Waals surface area contributed by atoms with Gasteiger partial charge in [-0.15, -0.1) is 0 Å². The third-order valence-corrected chi connectivity index (χ3v) is 3.23. The lowest BCUT2D eigenvalue weighted by Gasteiger charge is -2.13. The molecule has 1 aromatic carbocycles. The molecule has 1 heterocycles. The van der Waals surface area contributed by atoms with E-state index in [4.69, 9.17) is 4.74 Å². The van der Waals surface area contributed by atoms with Crippen molar-refractivity contribution in [3.8, 4) is 0 Å². The predicted molar refractivity (Wildman–Crippen MR) is 80.1 cm³/mol. The van der Waals surface area contributed by atoms with Crippen LogP contribution in [0.2, 0.25) is 0 Å². The smallest absolute Gasteiger partial charge is 0.407 e. The van der Waals surface area contributed by atoms with Gasteiger partial charge in [-0.1, -0.05) is 46.3 Å². The highest BCUT2D eigenvalue weighted by molar-refractivity contribution is 9.10. The molecule has 1 amide bonds. The van der Waals surface area contributed by atoms with E-state index in [1.165, 1.54) is 0 Å². The number of carbonyl (C=O) groups is 1. The van der Waals surface area contributed by atoms with E-state index in [-0.39, 0.29) is 12.6 Å². The Morgan fingerprint density at radius 1 is 1.35 bits per heavy atom. The maximum atomic E-state index is 11.7. The van der Waals surface area contributed by atoms with E-state index in [9.17, 15) is 4.79 Å². The normalized spacial score (nSPS) is 11.7. The van der Waals surface area contributed by atoms with Crippen molar-refractivity contribution >= 4 is 22.0 Å². The summed E-state index contributed by atoms with van der Waals surface area (Å²) in [5.41, 5.74) is 1.73. The number of hydrogen-bond donors (Lipinski definition) is 1. The minimum absolute atomic E-state index is 0.212. The molecule has 20 heavy (non-hydrogen) atoms. The van der Waals surface area contributed by atoms with Gasteiger partial charge in [0.1, 0.15) is 6.61 Å². The van der Waals surface area contributed by atoms with Crippen LogP contribution in [0.25, 0.3) is 0 Å². The van der Waals surface area contributed by atoms with Crippen molar-refractivity contribution in [1.82, 2.24) is 10.3 Å². The first-order chi connectivity index (χ1) is 9.65. The van der Waals surface area contributed by atoms with Crippen molar-refractivity contribution in [1.29, 1.82) is 0 Å². The van der Waals surface area contributed by atoms with Crippen LogP contribution in [-0.4, -0.2) is 11.1 Å². The van der Waals surface area contributed by atoms with Crippen LogP contribution in [0, 0.1) is 0 Å². The van der Waals surface area contributed by atoms with Crippen LogP contribution >= 0.6 is 15.9 Å². The molecule has 1 atom stereocenters. The van der Waals surface area contributed by atoms with E-state index in [2.05, 4.69) is 26.2 Å². The molecule has 0 fully saturated rings. The van der Waals surface area contributed by atoms with Gasteiger partial charge in [0.15, 0.2) is 0 Å². The minimum atomic E-state index is -0.455. The number of ether oxygens (including phenoxy) is 1. The van der Waals surface area contributed by atoms with Gasteiger partial charge in [0, 0.05) is 10.7 Å². The van der Waals surface area contributed by atoms with Crippen molar-refractivity contribution < 1.29 is 9.53 Å². The summed E-state index contributed by atoms with van der Waals surface area (Å²) in [7, 11) is 0. The minimum Gasteiger partial charge on any atom is -0.445 e. The molecular weight excluding hydrogens is 320 g/mol. The first kappa shape index (κ1) is 14.5. The highest BCUT2D eigenvalue weighted by atomic mass is 79.9. The van der Waals surface area contributed by atoms with Crippen LogP contribution in [0.1, 0.15) is 24.2 Å². The Morgan fingerprint density at radius 3 is 2.80 bits per heavy atom. The average Bonchev–Trinajstić information content (AvgIpc) is 2.46. The van der Waals surface area contributed by atoms with Crippen LogP contribution in [0.5, 0.6) is 0 Å². The summed E-state index contributed by atoms with van der Waals surface area (Å²) in [6.45, 7) is 2.11. The molecule has 0 spiro atoms. The van der Waals surface area contributed by atoms with Crippen LogP contribution in [0.3, 0.4) is 0 Å². The highest BCUT2D eigenvalue weighted by Crippen LogP contribution is 2.15. The summed E-state index contributed by atoms with van der Waals surface area (Å²) in [6.07, 6.45) is 1.23. The summed E-state index contributed by atoms with van der Waals surface area (Å²) in [5.74, 6) is 0. The molecule has 0 radical (unpaired) electrons. The third kappa shape index (κ3) is 4.35. The Kier molecular flexibility index (Phi) is 5.12. The maximum Gasteiger partial charge on any atom is 0.407 e. The lowest BCUT2D eigenvalue weighted by Crippen LogP contribution is -2.27. The quantitative estimate of drug-likeness (QED) is 0.924. The number of halogens is 1. The second kappa shape index (κ2) is 7.05. The van der Waals surface area contributed by atoms with Gasteiger partial charge in [-0.2, -0.15) is 0 Å². The summed E-state index contributed by atoms with van der Waals surface area (Å²) < 4.78 is 6.09. The number of pyridine rings is 1. The summed E-state index contributed by atoms with van der Waals surface area (Å²) in [4.78, 5) is 15.9. The lowest BCUT2D eigenvalue weighted by atomic mass is 10.2. The predicted octanol–water partition coefficient (Wildman–Crippen LogP) is 3.83. The molecule has 1 unspecified atom stereocenters. The fourth-order valence-corrected chi connectivity index (χ4v) is 2.03. The summed E-state index contributed by atoms with van der Waals surface area (Å²) in [5, 5.41) is 2.75. The van der Waals surface area contributed by atoms with Crippen molar-refractivity contribution in [2.75, 3.05) is 0 Å². The fourth-order valence-electron chi connectivity index (χ4n) is 1.67. The van der Waals surface area contributed by atoms with E-state index >= 15 is 0 Å². The second-order valence-electron chi connectivity index (χ2n) is 4.33. The van der Waals surface area contributed by atoms with Crippen molar-refractivity contribution in [2.45, 2.75) is 19.6 Å². The molecule has 0 aliphatic carbocycles. The number of amides is 1. The molecule has 0 saturated carbocycles. The van der Waals surface area contributed by atoms with Crippen LogP contribution < -0.4 is 5.32 Å². The van der Waals surface area contributed by atoms with Gasteiger partial charge in [-0.25, -0.2) is 4.79 Å². The zero-order valence-electron chi connectivity index (χ0n) is 11.0. The zero-order chi connectivity index (χ0) is 14.4. The SMILES string of the molecule is CC(NC(=O)OCc1ccccc1)c1cc(Br)ccn1. The molecular formula is C15H15BrN2O2. The molecule has 5 heteroatoms. The average molecular weight is 335 g/mol. The number of hydrogen-bond acceptors (Lipinski definition) is 3. The fraction of sp³-hybridized carbons (Fsp3) is 0.200. The Bertz CT molecular complexity index is 575. The maximum absolute atomic E-state index is 11.7. The Labute approximate surface area is 126 Å². The number of benzene rings is 1. The molecule has 0 aliphatic rings.